The number of aromatic amines is 1. The van der Waals surface area contributed by atoms with Gasteiger partial charge in [-0.2, -0.15) is 0 Å². The van der Waals surface area contributed by atoms with E-state index in [2.05, 4.69) is 41.3 Å². The van der Waals surface area contributed by atoms with Crippen LogP contribution in [0.1, 0.15) is 31.9 Å². The van der Waals surface area contributed by atoms with E-state index in [0.29, 0.717) is 38.7 Å². The number of hydrogen-bond acceptors (Lipinski definition) is 3. The molecular weight excluding hydrogens is 481 g/mol. The van der Waals surface area contributed by atoms with Gasteiger partial charge in [0.1, 0.15) is 5.60 Å². The summed E-state index contributed by atoms with van der Waals surface area (Å²) in [5.41, 5.74) is 9.39. The molecule has 1 fully saturated rings. The van der Waals surface area contributed by atoms with Crippen molar-refractivity contribution in [3.8, 4) is 0 Å². The Balaban J connectivity index is 0.00000300. The van der Waals surface area contributed by atoms with Gasteiger partial charge in [0.25, 0.3) is 0 Å². The number of guanidine groups is 1. The summed E-state index contributed by atoms with van der Waals surface area (Å²) >= 11 is 0. The van der Waals surface area contributed by atoms with E-state index in [9.17, 15) is 4.79 Å². The number of fused-ring (bicyclic) bond motifs is 1. The van der Waals surface area contributed by atoms with Gasteiger partial charge in [0.05, 0.1) is 0 Å². The van der Waals surface area contributed by atoms with E-state index in [0.717, 1.165) is 6.42 Å². The SMILES string of the molecule is Cc1cccc2c(CCN=C(N)N3CCN(C(=O)OC(C)(C)C)CC3)c[nH]c12.I. The average molecular weight is 513 g/mol. The standard InChI is InChI=1S/C21H31N5O2.HI/c1-15-6-5-7-17-16(14-24-18(15)17)8-9-23-19(22)25-10-12-26(13-11-25)20(27)28-21(2,3)4;/h5-7,14,24H,8-13H2,1-4H3,(H2,22,23);1H. The lowest BCUT2D eigenvalue weighted by molar-refractivity contribution is 0.0186. The molecule has 2 heterocycles. The van der Waals surface area contributed by atoms with Crippen LogP contribution in [0.4, 0.5) is 4.79 Å². The summed E-state index contributed by atoms with van der Waals surface area (Å²) in [6.45, 7) is 10.9. The Labute approximate surface area is 189 Å². The average Bonchev–Trinajstić information content (AvgIpc) is 3.05. The Morgan fingerprint density at radius 1 is 1.21 bits per heavy atom. The number of rotatable bonds is 3. The highest BCUT2D eigenvalue weighted by Crippen LogP contribution is 2.21. The fourth-order valence-corrected chi connectivity index (χ4v) is 3.41. The van der Waals surface area contributed by atoms with E-state index in [-0.39, 0.29) is 30.1 Å². The monoisotopic (exact) mass is 513 g/mol. The normalized spacial score (nSPS) is 15.4. The molecule has 8 heteroatoms. The van der Waals surface area contributed by atoms with Crippen molar-refractivity contribution in [2.24, 2.45) is 10.7 Å². The Kier molecular flexibility index (Phi) is 7.79. The quantitative estimate of drug-likeness (QED) is 0.374. The van der Waals surface area contributed by atoms with Gasteiger partial charge in [-0.05, 0) is 45.2 Å². The molecule has 0 aliphatic carbocycles. The molecule has 0 radical (unpaired) electrons. The third-order valence-corrected chi connectivity index (χ3v) is 4.92. The highest BCUT2D eigenvalue weighted by atomic mass is 127. The van der Waals surface area contributed by atoms with E-state index >= 15 is 0 Å². The van der Waals surface area contributed by atoms with Crippen LogP contribution in [0, 0.1) is 6.92 Å². The maximum absolute atomic E-state index is 12.1. The molecule has 1 aliphatic heterocycles. The topological polar surface area (TPSA) is 86.9 Å². The summed E-state index contributed by atoms with van der Waals surface area (Å²) in [6.07, 6.45) is 2.63. The van der Waals surface area contributed by atoms with Crippen molar-refractivity contribution in [1.82, 2.24) is 14.8 Å². The first kappa shape index (κ1) is 23.3. The van der Waals surface area contributed by atoms with Gasteiger partial charge in [0, 0.05) is 49.8 Å². The maximum Gasteiger partial charge on any atom is 0.410 e. The number of para-hydroxylation sites is 1. The van der Waals surface area contributed by atoms with Crippen LogP contribution in [-0.2, 0) is 11.2 Å². The number of benzene rings is 1. The van der Waals surface area contributed by atoms with E-state index in [1.54, 1.807) is 4.90 Å². The molecule has 1 saturated heterocycles. The number of hydrogen-bond donors (Lipinski definition) is 2. The number of aromatic nitrogens is 1. The van der Waals surface area contributed by atoms with Crippen molar-refractivity contribution in [3.05, 3.63) is 35.5 Å². The predicted molar refractivity (Wildman–Crippen MR) is 128 cm³/mol. The highest BCUT2D eigenvalue weighted by molar-refractivity contribution is 14.0. The zero-order chi connectivity index (χ0) is 20.3. The van der Waals surface area contributed by atoms with Gasteiger partial charge < -0.3 is 25.3 Å². The summed E-state index contributed by atoms with van der Waals surface area (Å²) in [5, 5.41) is 1.25. The van der Waals surface area contributed by atoms with Crippen molar-refractivity contribution in [1.29, 1.82) is 0 Å². The third-order valence-electron chi connectivity index (χ3n) is 4.92. The van der Waals surface area contributed by atoms with Gasteiger partial charge in [-0.1, -0.05) is 18.2 Å². The summed E-state index contributed by atoms with van der Waals surface area (Å²) in [4.78, 5) is 23.8. The van der Waals surface area contributed by atoms with Crippen LogP contribution in [-0.4, -0.2) is 65.2 Å². The molecule has 2 aromatic rings. The van der Waals surface area contributed by atoms with Crippen LogP contribution in [0.15, 0.2) is 29.4 Å². The lowest BCUT2D eigenvalue weighted by Crippen LogP contribution is -2.53. The Bertz CT molecular complexity index is 864. The fourth-order valence-electron chi connectivity index (χ4n) is 3.41. The number of nitrogens with zero attached hydrogens (tertiary/aromatic N) is 3. The maximum atomic E-state index is 12.1. The second-order valence-electron chi connectivity index (χ2n) is 8.26. The van der Waals surface area contributed by atoms with Crippen molar-refractivity contribution >= 4 is 46.9 Å². The number of H-pyrrole nitrogens is 1. The molecule has 0 spiro atoms. The molecule has 1 aromatic heterocycles. The number of aliphatic imine (C=N–C) groups is 1. The van der Waals surface area contributed by atoms with E-state index in [1.165, 1.54) is 22.0 Å². The first-order valence-corrected chi connectivity index (χ1v) is 9.83. The second kappa shape index (κ2) is 9.69. The Hall–Kier alpha value is -1.97. The molecule has 1 amide bonds. The molecule has 7 nitrogen and oxygen atoms in total. The summed E-state index contributed by atoms with van der Waals surface area (Å²) in [6, 6.07) is 6.32. The molecule has 160 valence electrons. The molecule has 3 N–H and O–H groups in total. The largest absolute Gasteiger partial charge is 0.444 e. The van der Waals surface area contributed by atoms with Crippen LogP contribution >= 0.6 is 24.0 Å². The number of amides is 1. The minimum atomic E-state index is -0.477. The smallest absolute Gasteiger partial charge is 0.410 e. The molecule has 3 rings (SSSR count). The van der Waals surface area contributed by atoms with Crippen LogP contribution in [0.5, 0.6) is 0 Å². The van der Waals surface area contributed by atoms with Gasteiger partial charge in [-0.15, -0.1) is 24.0 Å². The van der Waals surface area contributed by atoms with E-state index < -0.39 is 5.60 Å². The first-order chi connectivity index (χ1) is 13.2. The second-order valence-corrected chi connectivity index (χ2v) is 8.26. The number of nitrogens with two attached hydrogens (primary N) is 1. The van der Waals surface area contributed by atoms with Crippen molar-refractivity contribution in [2.45, 2.75) is 39.7 Å². The minimum absolute atomic E-state index is 0. The van der Waals surface area contributed by atoms with Crippen molar-refractivity contribution < 1.29 is 9.53 Å². The highest BCUT2D eigenvalue weighted by Gasteiger charge is 2.26. The number of ether oxygens (including phenoxy) is 1. The molecule has 1 aliphatic rings. The molecule has 0 unspecified atom stereocenters. The molecular formula is C21H32IN5O2. The van der Waals surface area contributed by atoms with Crippen molar-refractivity contribution in [3.63, 3.8) is 0 Å². The summed E-state index contributed by atoms with van der Waals surface area (Å²) < 4.78 is 5.43. The molecule has 1 aromatic carbocycles. The molecule has 0 bridgehead atoms. The Morgan fingerprint density at radius 3 is 2.52 bits per heavy atom. The number of nitrogens with one attached hydrogen (secondary N) is 1. The minimum Gasteiger partial charge on any atom is -0.444 e. The molecule has 0 atom stereocenters. The lowest BCUT2D eigenvalue weighted by atomic mass is 10.1. The van der Waals surface area contributed by atoms with Gasteiger partial charge in [-0.3, -0.25) is 4.99 Å². The predicted octanol–water partition coefficient (Wildman–Crippen LogP) is 3.50. The zero-order valence-corrected chi connectivity index (χ0v) is 20.0. The fraction of sp³-hybridized carbons (Fsp3) is 0.524. The van der Waals surface area contributed by atoms with Gasteiger partial charge >= 0.3 is 6.09 Å². The number of aryl methyl sites for hydroxylation is 1. The lowest BCUT2D eigenvalue weighted by Gasteiger charge is -2.36. The van der Waals surface area contributed by atoms with Gasteiger partial charge in [-0.25, -0.2) is 4.79 Å². The number of carbonyl (C=O) groups excluding carboxylic acids is 1. The number of piperazine rings is 1. The zero-order valence-electron chi connectivity index (χ0n) is 17.7. The van der Waals surface area contributed by atoms with Crippen LogP contribution in [0.25, 0.3) is 10.9 Å². The van der Waals surface area contributed by atoms with E-state index in [4.69, 9.17) is 10.5 Å². The van der Waals surface area contributed by atoms with Crippen molar-refractivity contribution in [2.75, 3.05) is 32.7 Å². The van der Waals surface area contributed by atoms with Gasteiger partial charge in [0.15, 0.2) is 5.96 Å². The molecule has 29 heavy (non-hydrogen) atoms. The Morgan fingerprint density at radius 2 is 1.86 bits per heavy atom. The van der Waals surface area contributed by atoms with E-state index in [1.807, 2.05) is 25.7 Å². The first-order valence-electron chi connectivity index (χ1n) is 9.83. The van der Waals surface area contributed by atoms with Crippen LogP contribution in [0.2, 0.25) is 0 Å². The van der Waals surface area contributed by atoms with Crippen LogP contribution < -0.4 is 5.73 Å². The third kappa shape index (κ3) is 6.01. The summed E-state index contributed by atoms with van der Waals surface area (Å²) in [5.74, 6) is 0.542. The van der Waals surface area contributed by atoms with Gasteiger partial charge in [0.2, 0.25) is 0 Å². The number of carbonyl (C=O) groups is 1. The number of halogens is 1. The summed E-state index contributed by atoms with van der Waals surface area (Å²) in [7, 11) is 0. The van der Waals surface area contributed by atoms with Crippen LogP contribution in [0.3, 0.4) is 0 Å². The molecule has 0 saturated carbocycles.